The van der Waals surface area contributed by atoms with Crippen LogP contribution >= 0.6 is 0 Å². The van der Waals surface area contributed by atoms with Crippen molar-refractivity contribution in [3.05, 3.63) is 23.8 Å². The minimum atomic E-state index is -1.30. The van der Waals surface area contributed by atoms with Crippen molar-refractivity contribution < 1.29 is 33.7 Å². The highest BCUT2D eigenvalue weighted by atomic mass is 16.8. The average molecular weight is 501 g/mol. The molecule has 1 heterocycles. The van der Waals surface area contributed by atoms with E-state index in [2.05, 4.69) is 13.8 Å². The van der Waals surface area contributed by atoms with Crippen LogP contribution in [0.4, 0.5) is 0 Å². The summed E-state index contributed by atoms with van der Waals surface area (Å²) in [6.07, 6.45) is 6.81. The van der Waals surface area contributed by atoms with Gasteiger partial charge in [-0.15, -0.1) is 0 Å². The maximum absolute atomic E-state index is 14.0. The summed E-state index contributed by atoms with van der Waals surface area (Å²) in [5.74, 6) is -1.53. The summed E-state index contributed by atoms with van der Waals surface area (Å²) in [6, 6.07) is 0. The highest BCUT2D eigenvalue weighted by Gasteiger charge is 2.77. The first-order chi connectivity index (χ1) is 16.5. The number of hydrogen-bond donors (Lipinski definition) is 1. The molecule has 5 aliphatic rings. The molecule has 3 saturated carbocycles. The fourth-order valence-corrected chi connectivity index (χ4v) is 8.38. The van der Waals surface area contributed by atoms with Crippen LogP contribution in [-0.2, 0) is 28.6 Å². The van der Waals surface area contributed by atoms with Crippen molar-refractivity contribution in [2.75, 3.05) is 6.61 Å². The molecule has 7 nitrogen and oxygen atoms in total. The van der Waals surface area contributed by atoms with Crippen LogP contribution in [0.15, 0.2) is 23.8 Å². The normalized spacial score (nSPS) is 44.7. The fourth-order valence-electron chi connectivity index (χ4n) is 8.38. The first-order valence-electron chi connectivity index (χ1n) is 13.3. The number of carbonyl (C=O) groups is 3. The van der Waals surface area contributed by atoms with E-state index in [1.54, 1.807) is 32.9 Å². The first-order valence-corrected chi connectivity index (χ1v) is 13.3. The molecule has 0 aromatic carbocycles. The Kier molecular flexibility index (Phi) is 5.62. The zero-order valence-electron chi connectivity index (χ0n) is 22.6. The fraction of sp³-hybridized carbons (Fsp3) is 0.759. The van der Waals surface area contributed by atoms with Crippen molar-refractivity contribution >= 4 is 17.5 Å². The van der Waals surface area contributed by atoms with Crippen LogP contribution in [0.3, 0.4) is 0 Å². The van der Waals surface area contributed by atoms with E-state index in [0.717, 1.165) is 18.4 Å². The molecule has 1 N–H and O–H groups in total. The lowest BCUT2D eigenvalue weighted by Crippen LogP contribution is -2.64. The quantitative estimate of drug-likeness (QED) is 0.586. The van der Waals surface area contributed by atoms with Crippen molar-refractivity contribution in [2.24, 2.45) is 34.0 Å². The van der Waals surface area contributed by atoms with Gasteiger partial charge >= 0.3 is 5.97 Å². The molecule has 0 radical (unpaired) electrons. The largest absolute Gasteiger partial charge is 0.457 e. The van der Waals surface area contributed by atoms with Crippen LogP contribution in [0.25, 0.3) is 0 Å². The highest BCUT2D eigenvalue weighted by molar-refractivity contribution is 6.01. The minimum Gasteiger partial charge on any atom is -0.457 e. The van der Waals surface area contributed by atoms with Crippen LogP contribution in [0.1, 0.15) is 74.1 Å². The van der Waals surface area contributed by atoms with Crippen molar-refractivity contribution in [1.82, 2.24) is 0 Å². The predicted octanol–water partition coefficient (Wildman–Crippen LogP) is 3.92. The maximum atomic E-state index is 14.0. The van der Waals surface area contributed by atoms with Gasteiger partial charge in [0, 0.05) is 16.7 Å². The molecule has 5 rings (SSSR count). The number of esters is 1. The van der Waals surface area contributed by atoms with Crippen LogP contribution in [0.5, 0.6) is 0 Å². The molecule has 4 fully saturated rings. The molecular formula is C29H40O7. The summed E-state index contributed by atoms with van der Waals surface area (Å²) >= 11 is 0. The van der Waals surface area contributed by atoms with Crippen molar-refractivity contribution in [3.8, 4) is 0 Å². The monoisotopic (exact) mass is 500 g/mol. The van der Waals surface area contributed by atoms with Gasteiger partial charge in [0.15, 0.2) is 23.8 Å². The molecule has 1 aliphatic heterocycles. The zero-order valence-corrected chi connectivity index (χ0v) is 22.6. The summed E-state index contributed by atoms with van der Waals surface area (Å²) in [5, 5.41) is 11.7. The number of carbonyl (C=O) groups excluding carboxylic acids is 3. The van der Waals surface area contributed by atoms with Gasteiger partial charge in [0.05, 0.1) is 17.6 Å². The van der Waals surface area contributed by atoms with Crippen LogP contribution in [0, 0.1) is 34.0 Å². The number of hydrogen-bond acceptors (Lipinski definition) is 7. The lowest BCUT2D eigenvalue weighted by atomic mass is 9.46. The van der Waals surface area contributed by atoms with Crippen LogP contribution in [-0.4, -0.2) is 52.8 Å². The minimum absolute atomic E-state index is 0.00449. The Balaban J connectivity index is 1.51. The number of fused-ring (bicyclic) bond motifs is 7. The average Bonchev–Trinajstić information content (AvgIpc) is 3.17. The second kappa shape index (κ2) is 7.84. The van der Waals surface area contributed by atoms with Gasteiger partial charge in [-0.05, 0) is 84.3 Å². The standard InChI is InChI=1S/C29H40O7/c1-25(2,3)24(33)34-15-21(32)29-22(35-26(4,5)36-29)13-19-18-9-8-16-12-17(30)10-11-27(16,6)23(18)20(31)14-28(19,29)7/h10-12,18-20,22-23,31H,8-9,13-15H2,1-7H3/t18?,19-,20?,22+,23+,27-,28-,29+/m0/s1. The van der Waals surface area contributed by atoms with E-state index in [9.17, 15) is 19.5 Å². The second-order valence-corrected chi connectivity index (χ2v) is 13.5. The molecule has 0 aromatic rings. The number of Topliss-reactive ketones (excluding diaryl/α,β-unsaturated/α-hetero) is 1. The van der Waals surface area contributed by atoms with E-state index in [-0.39, 0.29) is 35.9 Å². The molecule has 0 spiro atoms. The van der Waals surface area contributed by atoms with E-state index >= 15 is 0 Å². The van der Waals surface area contributed by atoms with Gasteiger partial charge in [-0.25, -0.2) is 0 Å². The van der Waals surface area contributed by atoms with Crippen LogP contribution in [0.2, 0.25) is 0 Å². The van der Waals surface area contributed by atoms with Gasteiger partial charge in [0.25, 0.3) is 0 Å². The molecule has 2 unspecified atom stereocenters. The van der Waals surface area contributed by atoms with E-state index in [1.807, 2.05) is 19.9 Å². The Bertz CT molecular complexity index is 1060. The Morgan fingerprint density at radius 1 is 1.19 bits per heavy atom. The Hall–Kier alpha value is -1.83. The summed E-state index contributed by atoms with van der Waals surface area (Å²) < 4.78 is 18.4. The van der Waals surface area contributed by atoms with Gasteiger partial charge in [-0.3, -0.25) is 14.4 Å². The second-order valence-electron chi connectivity index (χ2n) is 13.5. The summed E-state index contributed by atoms with van der Waals surface area (Å²) in [7, 11) is 0. The maximum Gasteiger partial charge on any atom is 0.311 e. The molecular weight excluding hydrogens is 460 g/mol. The molecule has 8 atom stereocenters. The third kappa shape index (κ3) is 3.45. The van der Waals surface area contributed by atoms with Crippen molar-refractivity contribution in [2.45, 2.75) is 97.7 Å². The summed E-state index contributed by atoms with van der Waals surface area (Å²) in [4.78, 5) is 38.6. The van der Waals surface area contributed by atoms with Gasteiger partial charge in [0.2, 0.25) is 5.78 Å². The molecule has 0 bridgehead atoms. The first kappa shape index (κ1) is 25.8. The Morgan fingerprint density at radius 2 is 1.89 bits per heavy atom. The summed E-state index contributed by atoms with van der Waals surface area (Å²) in [5.41, 5.74) is -2.03. The number of ether oxygens (including phenoxy) is 3. The van der Waals surface area contributed by atoms with Gasteiger partial charge in [-0.2, -0.15) is 0 Å². The molecule has 0 amide bonds. The summed E-state index contributed by atoms with van der Waals surface area (Å²) in [6.45, 7) is 12.7. The van der Waals surface area contributed by atoms with Crippen molar-refractivity contribution in [1.29, 1.82) is 0 Å². The van der Waals surface area contributed by atoms with Crippen molar-refractivity contribution in [3.63, 3.8) is 0 Å². The van der Waals surface area contributed by atoms with E-state index in [1.165, 1.54) is 0 Å². The number of rotatable bonds is 3. The topological polar surface area (TPSA) is 99.1 Å². The molecule has 36 heavy (non-hydrogen) atoms. The Morgan fingerprint density at radius 3 is 2.56 bits per heavy atom. The third-order valence-electron chi connectivity index (χ3n) is 9.85. The number of ketones is 2. The number of aliphatic hydroxyl groups is 1. The lowest BCUT2D eigenvalue weighted by molar-refractivity contribution is -0.226. The van der Waals surface area contributed by atoms with Gasteiger partial charge in [-0.1, -0.05) is 25.5 Å². The number of allylic oxidation sites excluding steroid dienone is 4. The molecule has 7 heteroatoms. The Labute approximate surface area is 213 Å². The van der Waals surface area contributed by atoms with Gasteiger partial charge in [0.1, 0.15) is 0 Å². The van der Waals surface area contributed by atoms with E-state index < -0.39 is 45.8 Å². The van der Waals surface area contributed by atoms with Gasteiger partial charge < -0.3 is 19.3 Å². The molecule has 0 aromatic heterocycles. The lowest BCUT2D eigenvalue weighted by Gasteiger charge is -2.59. The molecule has 1 saturated heterocycles. The third-order valence-corrected chi connectivity index (χ3v) is 9.85. The predicted molar refractivity (Wildman–Crippen MR) is 132 cm³/mol. The van der Waals surface area contributed by atoms with Crippen LogP contribution < -0.4 is 0 Å². The zero-order chi connectivity index (χ0) is 26.5. The van der Waals surface area contributed by atoms with E-state index in [4.69, 9.17) is 14.2 Å². The smallest absolute Gasteiger partial charge is 0.311 e. The molecule has 198 valence electrons. The number of aliphatic hydroxyl groups excluding tert-OH is 1. The molecule has 4 aliphatic carbocycles. The highest BCUT2D eigenvalue weighted by Crippen LogP contribution is 2.70. The SMILES string of the molecule is CC1(C)O[C@@H]2C[C@H]3C4CCC5=CC(=O)C=C[C@]5(C)[C@H]4C(O)C[C@]3(C)[C@]2(C(=O)COC(=O)C(C)(C)C)O1. The van der Waals surface area contributed by atoms with E-state index in [0.29, 0.717) is 12.8 Å².